The number of hydrogen-bond acceptors (Lipinski definition) is 2. The molecule has 1 amide bonds. The van der Waals surface area contributed by atoms with Crippen molar-refractivity contribution in [2.45, 2.75) is 25.7 Å². The quantitative estimate of drug-likeness (QED) is 0.886. The minimum absolute atomic E-state index is 0.0349. The fourth-order valence-corrected chi connectivity index (χ4v) is 2.18. The monoisotopic (exact) mass is 286 g/mol. The zero-order chi connectivity index (χ0) is 15.1. The van der Waals surface area contributed by atoms with Crippen LogP contribution in [0.15, 0.2) is 48.8 Å². The van der Waals surface area contributed by atoms with Crippen LogP contribution in [0.1, 0.15) is 30.4 Å². The summed E-state index contributed by atoms with van der Waals surface area (Å²) in [6, 6.07) is 9.90. The average molecular weight is 286 g/mol. The summed E-state index contributed by atoms with van der Waals surface area (Å²) in [5.41, 5.74) is 1.80. The summed E-state index contributed by atoms with van der Waals surface area (Å²) < 4.78 is 13.1. The van der Waals surface area contributed by atoms with Crippen LogP contribution in [-0.2, 0) is 11.2 Å². The van der Waals surface area contributed by atoms with E-state index < -0.39 is 0 Å². The third kappa shape index (κ3) is 4.38. The SMILES string of the molecule is CCCNC(=O)C(Cc1cccnc1)c1ccc(F)cc1. The van der Waals surface area contributed by atoms with E-state index >= 15 is 0 Å². The fourth-order valence-electron chi connectivity index (χ4n) is 2.18. The molecule has 1 atom stereocenters. The zero-order valence-electron chi connectivity index (χ0n) is 12.1. The summed E-state index contributed by atoms with van der Waals surface area (Å²) in [6.45, 7) is 2.65. The number of benzene rings is 1. The first-order valence-corrected chi connectivity index (χ1v) is 7.12. The number of hydrogen-bond donors (Lipinski definition) is 1. The van der Waals surface area contributed by atoms with Gasteiger partial charge in [-0.05, 0) is 42.2 Å². The summed E-state index contributed by atoms with van der Waals surface area (Å²) in [5.74, 6) is -0.665. The van der Waals surface area contributed by atoms with Crippen LogP contribution >= 0.6 is 0 Å². The Balaban J connectivity index is 2.21. The van der Waals surface area contributed by atoms with Crippen LogP contribution in [0, 0.1) is 5.82 Å². The summed E-state index contributed by atoms with van der Waals surface area (Å²) in [4.78, 5) is 16.4. The molecule has 1 aromatic heterocycles. The molecule has 110 valence electrons. The predicted octanol–water partition coefficient (Wildman–Crippen LogP) is 3.07. The molecule has 0 bridgehead atoms. The molecule has 21 heavy (non-hydrogen) atoms. The Morgan fingerprint density at radius 3 is 2.67 bits per heavy atom. The smallest absolute Gasteiger partial charge is 0.227 e. The Morgan fingerprint density at radius 1 is 1.29 bits per heavy atom. The van der Waals surface area contributed by atoms with Gasteiger partial charge >= 0.3 is 0 Å². The molecule has 2 rings (SSSR count). The lowest BCUT2D eigenvalue weighted by Crippen LogP contribution is -2.31. The Morgan fingerprint density at radius 2 is 2.05 bits per heavy atom. The largest absolute Gasteiger partial charge is 0.356 e. The van der Waals surface area contributed by atoms with Gasteiger partial charge in [-0.2, -0.15) is 0 Å². The van der Waals surface area contributed by atoms with E-state index in [2.05, 4.69) is 10.3 Å². The van der Waals surface area contributed by atoms with E-state index in [-0.39, 0.29) is 17.6 Å². The van der Waals surface area contributed by atoms with Crippen LogP contribution in [0.2, 0.25) is 0 Å². The number of carbonyl (C=O) groups is 1. The van der Waals surface area contributed by atoms with Crippen molar-refractivity contribution in [3.8, 4) is 0 Å². The number of rotatable bonds is 6. The number of nitrogens with one attached hydrogen (secondary N) is 1. The molecular formula is C17H19FN2O. The standard InChI is InChI=1S/C17H19FN2O/c1-2-9-20-17(21)16(11-13-4-3-10-19-12-13)14-5-7-15(18)8-6-14/h3-8,10,12,16H,2,9,11H2,1H3,(H,20,21). The molecule has 0 saturated carbocycles. The zero-order valence-corrected chi connectivity index (χ0v) is 12.1. The highest BCUT2D eigenvalue weighted by atomic mass is 19.1. The third-order valence-corrected chi connectivity index (χ3v) is 3.30. The van der Waals surface area contributed by atoms with Crippen LogP contribution in [0.25, 0.3) is 0 Å². The summed E-state index contributed by atoms with van der Waals surface area (Å²) >= 11 is 0. The van der Waals surface area contributed by atoms with Gasteiger partial charge in [-0.15, -0.1) is 0 Å². The van der Waals surface area contributed by atoms with Gasteiger partial charge in [0.25, 0.3) is 0 Å². The molecule has 0 aliphatic heterocycles. The number of aromatic nitrogens is 1. The number of carbonyl (C=O) groups excluding carboxylic acids is 1. The van der Waals surface area contributed by atoms with E-state index in [1.165, 1.54) is 12.1 Å². The van der Waals surface area contributed by atoms with Gasteiger partial charge in [-0.25, -0.2) is 4.39 Å². The normalized spacial score (nSPS) is 11.9. The Labute approximate surface area is 124 Å². The van der Waals surface area contributed by atoms with E-state index in [1.807, 2.05) is 19.1 Å². The molecule has 0 saturated heterocycles. The van der Waals surface area contributed by atoms with E-state index in [0.717, 1.165) is 17.5 Å². The highest BCUT2D eigenvalue weighted by molar-refractivity contribution is 5.83. The molecule has 0 aliphatic carbocycles. The molecule has 1 heterocycles. The third-order valence-electron chi connectivity index (χ3n) is 3.30. The van der Waals surface area contributed by atoms with Gasteiger partial charge in [0, 0.05) is 18.9 Å². The highest BCUT2D eigenvalue weighted by Crippen LogP contribution is 2.21. The molecule has 1 aromatic carbocycles. The Bertz CT molecular complexity index is 569. The van der Waals surface area contributed by atoms with Gasteiger partial charge < -0.3 is 5.32 Å². The van der Waals surface area contributed by atoms with Crippen LogP contribution in [-0.4, -0.2) is 17.4 Å². The fraction of sp³-hybridized carbons (Fsp3) is 0.294. The van der Waals surface area contributed by atoms with Crippen molar-refractivity contribution < 1.29 is 9.18 Å². The number of amides is 1. The predicted molar refractivity (Wildman–Crippen MR) is 80.4 cm³/mol. The second-order valence-electron chi connectivity index (χ2n) is 4.96. The topological polar surface area (TPSA) is 42.0 Å². The molecule has 2 aromatic rings. The van der Waals surface area contributed by atoms with Gasteiger partial charge in [0.05, 0.1) is 5.92 Å². The van der Waals surface area contributed by atoms with Crippen molar-refractivity contribution in [3.05, 3.63) is 65.7 Å². The van der Waals surface area contributed by atoms with Crippen molar-refractivity contribution in [3.63, 3.8) is 0 Å². The minimum Gasteiger partial charge on any atom is -0.356 e. The maximum atomic E-state index is 13.1. The van der Waals surface area contributed by atoms with E-state index in [0.29, 0.717) is 13.0 Å². The van der Waals surface area contributed by atoms with E-state index in [4.69, 9.17) is 0 Å². The maximum Gasteiger partial charge on any atom is 0.227 e. The second kappa shape index (κ2) is 7.53. The number of halogens is 1. The van der Waals surface area contributed by atoms with Crippen LogP contribution < -0.4 is 5.32 Å². The van der Waals surface area contributed by atoms with Crippen LogP contribution in [0.4, 0.5) is 4.39 Å². The number of nitrogens with zero attached hydrogens (tertiary/aromatic N) is 1. The van der Waals surface area contributed by atoms with Crippen LogP contribution in [0.3, 0.4) is 0 Å². The van der Waals surface area contributed by atoms with E-state index in [9.17, 15) is 9.18 Å². The Hall–Kier alpha value is -2.23. The Kier molecular flexibility index (Phi) is 5.43. The molecule has 3 nitrogen and oxygen atoms in total. The summed E-state index contributed by atoms with van der Waals surface area (Å²) in [6.07, 6.45) is 4.89. The van der Waals surface area contributed by atoms with Gasteiger partial charge in [0.15, 0.2) is 0 Å². The van der Waals surface area contributed by atoms with Gasteiger partial charge in [0.1, 0.15) is 5.82 Å². The molecule has 4 heteroatoms. The molecule has 1 N–H and O–H groups in total. The minimum atomic E-state index is -0.332. The summed E-state index contributed by atoms with van der Waals surface area (Å²) in [5, 5.41) is 2.91. The van der Waals surface area contributed by atoms with Crippen LogP contribution in [0.5, 0.6) is 0 Å². The second-order valence-corrected chi connectivity index (χ2v) is 4.96. The molecule has 1 unspecified atom stereocenters. The first kappa shape index (κ1) is 15.2. The van der Waals surface area contributed by atoms with Crippen molar-refractivity contribution in [1.82, 2.24) is 10.3 Å². The van der Waals surface area contributed by atoms with E-state index in [1.54, 1.807) is 24.5 Å². The highest BCUT2D eigenvalue weighted by Gasteiger charge is 2.20. The summed E-state index contributed by atoms with van der Waals surface area (Å²) in [7, 11) is 0. The van der Waals surface area contributed by atoms with Crippen molar-refractivity contribution in [2.75, 3.05) is 6.54 Å². The molecule has 0 fully saturated rings. The first-order chi connectivity index (χ1) is 10.2. The molecule has 0 spiro atoms. The van der Waals surface area contributed by atoms with Gasteiger partial charge in [0.2, 0.25) is 5.91 Å². The molecule has 0 aliphatic rings. The lowest BCUT2D eigenvalue weighted by atomic mass is 9.91. The van der Waals surface area contributed by atoms with Gasteiger partial charge in [-0.1, -0.05) is 25.1 Å². The lowest BCUT2D eigenvalue weighted by molar-refractivity contribution is -0.122. The van der Waals surface area contributed by atoms with Crippen molar-refractivity contribution >= 4 is 5.91 Å². The van der Waals surface area contributed by atoms with Crippen molar-refractivity contribution in [1.29, 1.82) is 0 Å². The lowest BCUT2D eigenvalue weighted by Gasteiger charge is -2.17. The maximum absolute atomic E-state index is 13.1. The molecule has 0 radical (unpaired) electrons. The number of pyridine rings is 1. The first-order valence-electron chi connectivity index (χ1n) is 7.12. The average Bonchev–Trinajstić information content (AvgIpc) is 2.52. The molecular weight excluding hydrogens is 267 g/mol. The van der Waals surface area contributed by atoms with Gasteiger partial charge in [-0.3, -0.25) is 9.78 Å². The van der Waals surface area contributed by atoms with Crippen molar-refractivity contribution in [2.24, 2.45) is 0 Å².